The van der Waals surface area contributed by atoms with E-state index in [1.54, 1.807) is 27.4 Å². The average Bonchev–Trinajstić information content (AvgIpc) is 3.34. The molecule has 7 rings (SSSR count). The molecule has 4 aromatic carbocycles. The third kappa shape index (κ3) is 8.88. The molecule has 0 saturated heterocycles. The topological polar surface area (TPSA) is 0 Å². The summed E-state index contributed by atoms with van der Waals surface area (Å²) in [6.45, 7) is 0. The van der Waals surface area contributed by atoms with Crippen molar-refractivity contribution in [3.8, 4) is 11.1 Å². The first-order valence-electron chi connectivity index (χ1n) is 12.8. The van der Waals surface area contributed by atoms with Gasteiger partial charge < -0.3 is 24.8 Å². The van der Waals surface area contributed by atoms with E-state index in [1.165, 1.54) is 57.3 Å². The fraction of sp³-hybridized carbons (Fsp3) is 0.171. The molecule has 190 valence electrons. The van der Waals surface area contributed by atoms with E-state index in [4.69, 9.17) is 0 Å². The monoisotopic (exact) mass is 610 g/mol. The molecule has 0 N–H and O–H groups in total. The number of allylic oxidation sites excluding steroid dienone is 4. The van der Waals surface area contributed by atoms with E-state index in [2.05, 4.69) is 109 Å². The van der Waals surface area contributed by atoms with Crippen LogP contribution < -0.4 is 24.8 Å². The predicted octanol–water partition coefficient (Wildman–Crippen LogP) is 2.05. The summed E-state index contributed by atoms with van der Waals surface area (Å²) in [6, 6.07) is 36.4. The van der Waals surface area contributed by atoms with Gasteiger partial charge in [0.15, 0.2) is 0 Å². The van der Waals surface area contributed by atoms with Gasteiger partial charge in [-0.25, -0.2) is 12.2 Å². The SMILES string of the molecule is [C-]1=CC=CC1.[Cl-].[Cl-].[Zr+2]=[C]1CC1.[c-]1cc(Cc2ccccc2)cc2c1Cc1ccc(Cc3ccccc3)cc1-2. The fourth-order valence-electron chi connectivity index (χ4n) is 4.46. The first kappa shape index (κ1) is 30.2. The quantitative estimate of drug-likeness (QED) is 0.273. The number of hydrogen-bond donors (Lipinski definition) is 0. The van der Waals surface area contributed by atoms with Crippen LogP contribution in [0.4, 0.5) is 0 Å². The number of hydrogen-bond acceptors (Lipinski definition) is 0. The number of benzene rings is 4. The average molecular weight is 613 g/mol. The Labute approximate surface area is 255 Å². The molecule has 0 unspecified atom stereocenters. The molecule has 0 radical (unpaired) electrons. The Balaban J connectivity index is 0.000000309. The first-order valence-corrected chi connectivity index (χ1v) is 14.0. The van der Waals surface area contributed by atoms with Crippen LogP contribution in [0.25, 0.3) is 11.1 Å². The summed E-state index contributed by atoms with van der Waals surface area (Å²) in [5.41, 5.74) is 10.9. The second-order valence-electron chi connectivity index (χ2n) is 9.50. The predicted molar refractivity (Wildman–Crippen MR) is 148 cm³/mol. The Kier molecular flexibility index (Phi) is 12.2. The van der Waals surface area contributed by atoms with Gasteiger partial charge in [-0.05, 0) is 30.4 Å². The molecule has 3 aliphatic rings. The van der Waals surface area contributed by atoms with Gasteiger partial charge in [0.25, 0.3) is 0 Å². The minimum atomic E-state index is 0. The van der Waals surface area contributed by atoms with Gasteiger partial charge in [0, 0.05) is 0 Å². The van der Waals surface area contributed by atoms with Gasteiger partial charge in [0.05, 0.1) is 0 Å². The Morgan fingerprint density at radius 3 is 1.82 bits per heavy atom. The molecule has 0 heterocycles. The van der Waals surface area contributed by atoms with Gasteiger partial charge in [-0.3, -0.25) is 6.08 Å². The Hall–Kier alpha value is -2.31. The Morgan fingerprint density at radius 1 is 0.684 bits per heavy atom. The summed E-state index contributed by atoms with van der Waals surface area (Å²) < 4.78 is 1.76. The molecule has 1 saturated carbocycles. The van der Waals surface area contributed by atoms with Gasteiger partial charge in [-0.1, -0.05) is 95.6 Å². The summed E-state index contributed by atoms with van der Waals surface area (Å²) >= 11 is 1.66. The molecule has 0 atom stereocenters. The maximum atomic E-state index is 3.55. The number of rotatable bonds is 4. The van der Waals surface area contributed by atoms with Gasteiger partial charge >= 0.3 is 40.3 Å². The van der Waals surface area contributed by atoms with Crippen LogP contribution in [-0.4, -0.2) is 3.21 Å². The second kappa shape index (κ2) is 15.3. The summed E-state index contributed by atoms with van der Waals surface area (Å²) in [6.07, 6.45) is 15.8. The van der Waals surface area contributed by atoms with Crippen molar-refractivity contribution in [2.24, 2.45) is 0 Å². The van der Waals surface area contributed by atoms with Gasteiger partial charge in [0.1, 0.15) is 0 Å². The van der Waals surface area contributed by atoms with Gasteiger partial charge in [-0.15, -0.1) is 12.0 Å². The third-order valence-corrected chi connectivity index (χ3v) is 7.74. The molecule has 3 heteroatoms. The minimum Gasteiger partial charge on any atom is -0.179 e. The molecule has 0 aliphatic heterocycles. The summed E-state index contributed by atoms with van der Waals surface area (Å²) in [5.74, 6) is 0. The van der Waals surface area contributed by atoms with Gasteiger partial charge in [-0.2, -0.15) is 35.4 Å². The van der Waals surface area contributed by atoms with E-state index < -0.39 is 0 Å². The van der Waals surface area contributed by atoms with Crippen LogP contribution in [-0.2, 0) is 43.5 Å². The number of fused-ring (bicyclic) bond motifs is 3. The fourth-order valence-corrected chi connectivity index (χ4v) is 4.76. The van der Waals surface area contributed by atoms with E-state index in [9.17, 15) is 0 Å². The molecule has 0 nitrogen and oxygen atoms in total. The van der Waals surface area contributed by atoms with E-state index in [0.29, 0.717) is 0 Å². The molecule has 4 aromatic rings. The van der Waals surface area contributed by atoms with E-state index >= 15 is 0 Å². The molecule has 0 spiro atoms. The van der Waals surface area contributed by atoms with E-state index in [1.807, 2.05) is 12.2 Å². The zero-order valence-electron chi connectivity index (χ0n) is 21.4. The van der Waals surface area contributed by atoms with Crippen LogP contribution in [0, 0.1) is 12.1 Å². The van der Waals surface area contributed by atoms with Crippen LogP contribution in [0.15, 0.2) is 109 Å². The van der Waals surface area contributed by atoms with E-state index in [0.717, 1.165) is 25.7 Å². The molecule has 0 bridgehead atoms. The molecular formula is C35H30Cl2Zr-2. The molecule has 0 amide bonds. The Morgan fingerprint density at radius 2 is 1.29 bits per heavy atom. The normalized spacial score (nSPS) is 13.1. The largest absolute Gasteiger partial charge is 0.179 e. The zero-order chi connectivity index (χ0) is 24.6. The third-order valence-electron chi connectivity index (χ3n) is 6.51. The summed E-state index contributed by atoms with van der Waals surface area (Å²) in [7, 11) is 0. The maximum absolute atomic E-state index is 3.55. The molecule has 0 aromatic heterocycles. The zero-order valence-corrected chi connectivity index (χ0v) is 25.4. The van der Waals surface area contributed by atoms with Crippen molar-refractivity contribution in [1.29, 1.82) is 0 Å². The van der Waals surface area contributed by atoms with Crippen molar-refractivity contribution >= 4 is 3.21 Å². The van der Waals surface area contributed by atoms with Crippen molar-refractivity contribution in [3.05, 3.63) is 155 Å². The molecule has 3 aliphatic carbocycles. The van der Waals surface area contributed by atoms with Crippen molar-refractivity contribution < 1.29 is 49.0 Å². The second-order valence-corrected chi connectivity index (χ2v) is 11.2. The maximum Gasteiger partial charge on any atom is -0.00259 e. The minimum absolute atomic E-state index is 0. The van der Waals surface area contributed by atoms with Crippen molar-refractivity contribution in [2.75, 3.05) is 0 Å². The van der Waals surface area contributed by atoms with Crippen LogP contribution in [0.2, 0.25) is 0 Å². The summed E-state index contributed by atoms with van der Waals surface area (Å²) in [4.78, 5) is 0. The molecule has 1 fully saturated rings. The van der Waals surface area contributed by atoms with Crippen molar-refractivity contribution in [2.45, 2.75) is 38.5 Å². The van der Waals surface area contributed by atoms with Crippen LogP contribution in [0.1, 0.15) is 52.6 Å². The van der Waals surface area contributed by atoms with Crippen LogP contribution in [0.3, 0.4) is 0 Å². The number of halogens is 2. The van der Waals surface area contributed by atoms with Crippen LogP contribution >= 0.6 is 0 Å². The van der Waals surface area contributed by atoms with E-state index in [-0.39, 0.29) is 24.8 Å². The van der Waals surface area contributed by atoms with Crippen molar-refractivity contribution in [3.63, 3.8) is 0 Å². The van der Waals surface area contributed by atoms with Gasteiger partial charge in [0.2, 0.25) is 0 Å². The Bertz CT molecular complexity index is 1280. The smallest absolute Gasteiger partial charge is 0.00259 e. The molecule has 38 heavy (non-hydrogen) atoms. The summed E-state index contributed by atoms with van der Waals surface area (Å²) in [5, 5.41) is 0. The standard InChI is InChI=1S/C27H21.C5H5.C3H4.2ClH.Zr/c1-3-7-20(8-4-1)15-22-11-13-24-19-25-14-12-23(18-27(25)26(24)17-22)16-21-9-5-2-6-10-21;1-2-4-5-3-1;1-2-3-1;;;/h1-13,17-18H,15-16,19H2;1-3H,4H2;1-2H2;2*1H;/q2*-1;;;;+2/p-2. The van der Waals surface area contributed by atoms with Crippen molar-refractivity contribution in [1.82, 2.24) is 0 Å². The molecular weight excluding hydrogens is 583 g/mol. The van der Waals surface area contributed by atoms with Crippen LogP contribution in [0.5, 0.6) is 0 Å². The first-order chi connectivity index (χ1) is 17.7.